The predicted molar refractivity (Wildman–Crippen MR) is 70.4 cm³/mol. The van der Waals surface area contributed by atoms with Gasteiger partial charge in [0, 0.05) is 18.5 Å². The van der Waals surface area contributed by atoms with Gasteiger partial charge in [-0.3, -0.25) is 9.48 Å². The van der Waals surface area contributed by atoms with Crippen molar-refractivity contribution >= 4 is 33.3 Å². The van der Waals surface area contributed by atoms with Gasteiger partial charge in [0.1, 0.15) is 5.69 Å². The molecule has 0 amide bonds. The number of hydrogen-bond acceptors (Lipinski definition) is 2. The van der Waals surface area contributed by atoms with E-state index in [2.05, 4.69) is 21.0 Å². The molecule has 17 heavy (non-hydrogen) atoms. The van der Waals surface area contributed by atoms with Gasteiger partial charge in [0.05, 0.1) is 10.7 Å². The maximum absolute atomic E-state index is 12.1. The van der Waals surface area contributed by atoms with Gasteiger partial charge in [-0.25, -0.2) is 0 Å². The lowest BCUT2D eigenvalue weighted by Gasteiger charge is -2.03. The Labute approximate surface area is 113 Å². The second-order valence-electron chi connectivity index (χ2n) is 3.69. The molecule has 1 heterocycles. The van der Waals surface area contributed by atoms with E-state index >= 15 is 0 Å². The molecule has 1 aromatic heterocycles. The van der Waals surface area contributed by atoms with E-state index in [4.69, 9.17) is 11.6 Å². The number of halogens is 2. The van der Waals surface area contributed by atoms with Gasteiger partial charge < -0.3 is 0 Å². The third-order valence-electron chi connectivity index (χ3n) is 2.41. The van der Waals surface area contributed by atoms with Gasteiger partial charge in [0.15, 0.2) is 5.78 Å². The normalized spacial score (nSPS) is 10.5. The summed E-state index contributed by atoms with van der Waals surface area (Å²) in [5.74, 6) is 0.0131. The van der Waals surface area contributed by atoms with Gasteiger partial charge in [0.2, 0.25) is 0 Å². The fraction of sp³-hybridized carbons (Fsp3) is 0.167. The second kappa shape index (κ2) is 5.02. The molecule has 2 rings (SSSR count). The molecule has 0 N–H and O–H groups in total. The lowest BCUT2D eigenvalue weighted by molar-refractivity contribution is 0.0983. The van der Waals surface area contributed by atoms with Crippen molar-refractivity contribution in [1.29, 1.82) is 0 Å². The molecule has 1 aromatic carbocycles. The van der Waals surface area contributed by atoms with Gasteiger partial charge in [0.25, 0.3) is 0 Å². The molecular formula is C12H10BrClN2O. The van der Waals surface area contributed by atoms with Crippen LogP contribution in [0.3, 0.4) is 0 Å². The minimum absolute atomic E-state index is 0.0131. The lowest BCUT2D eigenvalue weighted by Crippen LogP contribution is -2.10. The summed E-state index contributed by atoms with van der Waals surface area (Å²) in [5.41, 5.74) is 1.47. The first-order valence-corrected chi connectivity index (χ1v) is 6.20. The number of aromatic nitrogens is 2. The van der Waals surface area contributed by atoms with Crippen molar-refractivity contribution in [3.63, 3.8) is 0 Å². The smallest absolute Gasteiger partial charge is 0.186 e. The molecule has 0 atom stereocenters. The summed E-state index contributed by atoms with van der Waals surface area (Å²) < 4.78 is 2.28. The summed E-state index contributed by atoms with van der Waals surface area (Å²) in [5, 5.41) is 4.66. The van der Waals surface area contributed by atoms with Crippen molar-refractivity contribution in [2.24, 2.45) is 7.05 Å². The molecule has 5 heteroatoms. The first-order valence-electron chi connectivity index (χ1n) is 5.03. The molecule has 0 spiro atoms. The highest BCUT2D eigenvalue weighted by Crippen LogP contribution is 2.18. The number of ketones is 1. The fourth-order valence-corrected chi connectivity index (χ4v) is 2.42. The summed E-state index contributed by atoms with van der Waals surface area (Å²) in [7, 11) is 1.75. The van der Waals surface area contributed by atoms with E-state index in [0.717, 1.165) is 5.56 Å². The second-order valence-corrected chi connectivity index (χ2v) is 4.99. The Morgan fingerprint density at radius 1 is 1.53 bits per heavy atom. The molecule has 0 aliphatic heterocycles. The number of carbonyl (C=O) groups is 1. The number of hydrogen-bond donors (Lipinski definition) is 0. The van der Waals surface area contributed by atoms with Crippen LogP contribution in [0.1, 0.15) is 16.1 Å². The van der Waals surface area contributed by atoms with E-state index in [0.29, 0.717) is 21.6 Å². The van der Waals surface area contributed by atoms with Crippen LogP contribution in [0.25, 0.3) is 0 Å². The molecule has 0 saturated carbocycles. The molecule has 0 unspecified atom stereocenters. The third-order valence-corrected chi connectivity index (χ3v) is 3.23. The zero-order valence-electron chi connectivity index (χ0n) is 9.15. The number of nitrogens with zero attached hydrogens (tertiary/aromatic N) is 2. The zero-order valence-corrected chi connectivity index (χ0v) is 11.5. The monoisotopic (exact) mass is 312 g/mol. The number of aryl methyl sites for hydroxylation is 1. The maximum atomic E-state index is 12.1. The summed E-state index contributed by atoms with van der Waals surface area (Å²) in [6.07, 6.45) is 1.93. The van der Waals surface area contributed by atoms with Crippen molar-refractivity contribution < 1.29 is 4.79 Å². The van der Waals surface area contributed by atoms with Crippen molar-refractivity contribution in [2.75, 3.05) is 0 Å². The summed E-state index contributed by atoms with van der Waals surface area (Å²) >= 11 is 9.19. The van der Waals surface area contributed by atoms with Crippen molar-refractivity contribution in [3.05, 3.63) is 51.2 Å². The molecule has 0 saturated heterocycles. The van der Waals surface area contributed by atoms with Gasteiger partial charge in [-0.05, 0) is 33.6 Å². The van der Waals surface area contributed by atoms with Crippen molar-refractivity contribution in [1.82, 2.24) is 9.78 Å². The standard InChI is InChI=1S/C12H10BrClN2O/c1-16-12(10(13)7-15-16)11(17)6-8-3-2-4-9(14)5-8/h2-5,7H,6H2,1H3. The largest absolute Gasteiger partial charge is 0.292 e. The Morgan fingerprint density at radius 3 is 2.88 bits per heavy atom. The van der Waals surface area contributed by atoms with Crippen LogP contribution in [0.5, 0.6) is 0 Å². The van der Waals surface area contributed by atoms with E-state index in [1.807, 2.05) is 12.1 Å². The summed E-state index contributed by atoms with van der Waals surface area (Å²) in [4.78, 5) is 12.1. The topological polar surface area (TPSA) is 34.9 Å². The Kier molecular flexibility index (Phi) is 3.64. The molecule has 0 aliphatic rings. The quantitative estimate of drug-likeness (QED) is 0.815. The highest BCUT2D eigenvalue weighted by Gasteiger charge is 2.15. The molecule has 0 aliphatic carbocycles. The zero-order chi connectivity index (χ0) is 12.4. The molecule has 0 bridgehead atoms. The highest BCUT2D eigenvalue weighted by molar-refractivity contribution is 9.10. The molecule has 2 aromatic rings. The first-order chi connectivity index (χ1) is 8.08. The number of rotatable bonds is 3. The molecule has 0 radical (unpaired) electrons. The van der Waals surface area contributed by atoms with E-state index in [1.165, 1.54) is 0 Å². The Balaban J connectivity index is 2.23. The summed E-state index contributed by atoms with van der Waals surface area (Å²) in [6.45, 7) is 0. The van der Waals surface area contributed by atoms with Crippen LogP contribution in [0.15, 0.2) is 34.9 Å². The minimum Gasteiger partial charge on any atom is -0.292 e. The minimum atomic E-state index is 0.0131. The van der Waals surface area contributed by atoms with Crippen LogP contribution in [-0.2, 0) is 13.5 Å². The van der Waals surface area contributed by atoms with E-state index in [-0.39, 0.29) is 5.78 Å². The first kappa shape index (κ1) is 12.3. The Morgan fingerprint density at radius 2 is 2.29 bits per heavy atom. The Hall–Kier alpha value is -1.13. The average molecular weight is 314 g/mol. The van der Waals surface area contributed by atoms with Gasteiger partial charge in [-0.1, -0.05) is 23.7 Å². The lowest BCUT2D eigenvalue weighted by atomic mass is 10.1. The third kappa shape index (κ3) is 2.76. The molecular weight excluding hydrogens is 304 g/mol. The van der Waals surface area contributed by atoms with Crippen LogP contribution >= 0.6 is 27.5 Å². The average Bonchev–Trinajstić information content (AvgIpc) is 2.58. The predicted octanol–water partition coefficient (Wildman–Crippen LogP) is 3.26. The highest BCUT2D eigenvalue weighted by atomic mass is 79.9. The van der Waals surface area contributed by atoms with Crippen LogP contribution < -0.4 is 0 Å². The maximum Gasteiger partial charge on any atom is 0.186 e. The van der Waals surface area contributed by atoms with Crippen molar-refractivity contribution in [3.8, 4) is 0 Å². The number of benzene rings is 1. The summed E-state index contributed by atoms with van der Waals surface area (Å²) in [6, 6.07) is 7.30. The van der Waals surface area contributed by atoms with Crippen LogP contribution in [-0.4, -0.2) is 15.6 Å². The van der Waals surface area contributed by atoms with Gasteiger partial charge >= 0.3 is 0 Å². The fourth-order valence-electron chi connectivity index (χ4n) is 1.64. The Bertz CT molecular complexity index is 546. The van der Waals surface area contributed by atoms with Gasteiger partial charge in [-0.2, -0.15) is 5.10 Å². The molecule has 0 fully saturated rings. The van der Waals surface area contributed by atoms with E-state index < -0.39 is 0 Å². The van der Waals surface area contributed by atoms with Crippen molar-refractivity contribution in [2.45, 2.75) is 6.42 Å². The van der Waals surface area contributed by atoms with E-state index in [1.54, 1.807) is 30.1 Å². The number of carbonyl (C=O) groups excluding carboxylic acids is 1. The molecule has 88 valence electrons. The van der Waals surface area contributed by atoms with Gasteiger partial charge in [-0.15, -0.1) is 0 Å². The van der Waals surface area contributed by atoms with Crippen LogP contribution in [0, 0.1) is 0 Å². The van der Waals surface area contributed by atoms with Crippen LogP contribution in [0.4, 0.5) is 0 Å². The van der Waals surface area contributed by atoms with E-state index in [9.17, 15) is 4.79 Å². The molecule has 3 nitrogen and oxygen atoms in total. The van der Waals surface area contributed by atoms with Crippen LogP contribution in [0.2, 0.25) is 5.02 Å². The number of Topliss-reactive ketones (excluding diaryl/α,β-unsaturated/α-hetero) is 1. The SMILES string of the molecule is Cn1ncc(Br)c1C(=O)Cc1cccc(Cl)c1.